The van der Waals surface area contributed by atoms with E-state index in [2.05, 4.69) is 10.6 Å². The zero-order valence-corrected chi connectivity index (χ0v) is 9.02. The van der Waals surface area contributed by atoms with Gasteiger partial charge in [-0.15, -0.1) is 0 Å². The molecule has 1 aliphatic rings. The molecule has 4 nitrogen and oxygen atoms in total. The third kappa shape index (κ3) is 2.47. The van der Waals surface area contributed by atoms with E-state index >= 15 is 0 Å². The van der Waals surface area contributed by atoms with E-state index in [9.17, 15) is 9.90 Å². The van der Waals surface area contributed by atoms with Crippen LogP contribution in [0.15, 0.2) is 30.3 Å². The summed E-state index contributed by atoms with van der Waals surface area (Å²) in [6.45, 7) is 2.28. The minimum Gasteiger partial charge on any atom is -0.383 e. The molecule has 0 aromatic heterocycles. The van der Waals surface area contributed by atoms with Crippen molar-refractivity contribution in [3.8, 4) is 0 Å². The van der Waals surface area contributed by atoms with E-state index < -0.39 is 6.10 Å². The molecule has 0 amide bonds. The summed E-state index contributed by atoms with van der Waals surface area (Å²) in [5.41, 5.74) is 0.558. The Hall–Kier alpha value is -1.23. The first-order chi connectivity index (χ1) is 7.79. The van der Waals surface area contributed by atoms with Crippen LogP contribution in [-0.4, -0.2) is 42.7 Å². The molecule has 4 heteroatoms. The van der Waals surface area contributed by atoms with E-state index in [1.165, 1.54) is 0 Å². The van der Waals surface area contributed by atoms with Crippen molar-refractivity contribution in [2.24, 2.45) is 0 Å². The van der Waals surface area contributed by atoms with E-state index in [-0.39, 0.29) is 11.8 Å². The third-order valence-corrected chi connectivity index (χ3v) is 2.78. The van der Waals surface area contributed by atoms with Gasteiger partial charge in [0.2, 0.25) is 0 Å². The fourth-order valence-corrected chi connectivity index (χ4v) is 1.85. The van der Waals surface area contributed by atoms with E-state index in [0.29, 0.717) is 12.1 Å². The molecule has 86 valence electrons. The summed E-state index contributed by atoms with van der Waals surface area (Å²) in [5, 5.41) is 16.2. The lowest BCUT2D eigenvalue weighted by Gasteiger charge is -2.27. The van der Waals surface area contributed by atoms with E-state index in [1.807, 2.05) is 6.07 Å². The monoisotopic (exact) mass is 220 g/mol. The second kappa shape index (κ2) is 5.21. The van der Waals surface area contributed by atoms with Crippen LogP contribution in [0.1, 0.15) is 10.4 Å². The molecule has 0 bridgehead atoms. The maximum atomic E-state index is 11.9. The zero-order chi connectivity index (χ0) is 11.4. The van der Waals surface area contributed by atoms with E-state index in [4.69, 9.17) is 0 Å². The molecule has 1 aromatic rings. The number of rotatable bonds is 3. The molecule has 1 aromatic carbocycles. The quantitative estimate of drug-likeness (QED) is 0.617. The highest BCUT2D eigenvalue weighted by molar-refractivity contribution is 5.99. The van der Waals surface area contributed by atoms with Gasteiger partial charge in [-0.3, -0.25) is 4.79 Å². The molecule has 0 aliphatic carbocycles. The second-order valence-corrected chi connectivity index (χ2v) is 3.94. The van der Waals surface area contributed by atoms with Gasteiger partial charge in [0.15, 0.2) is 5.78 Å². The smallest absolute Gasteiger partial charge is 0.192 e. The fraction of sp³-hybridized carbons (Fsp3) is 0.417. The molecular weight excluding hydrogens is 204 g/mol. The standard InChI is InChI=1S/C12H16N2O2/c15-11(9-4-2-1-3-5-9)12(16)10-8-13-6-7-14-10/h1-5,10,12-14,16H,6-8H2. The van der Waals surface area contributed by atoms with Gasteiger partial charge in [-0.1, -0.05) is 30.3 Å². The number of aliphatic hydroxyl groups is 1. The maximum absolute atomic E-state index is 11.9. The number of hydrogen-bond acceptors (Lipinski definition) is 4. The topological polar surface area (TPSA) is 61.4 Å². The lowest BCUT2D eigenvalue weighted by molar-refractivity contribution is 0.0642. The van der Waals surface area contributed by atoms with Crippen LogP contribution in [0.2, 0.25) is 0 Å². The summed E-state index contributed by atoms with van der Waals surface area (Å²) in [6.07, 6.45) is -0.977. The number of Topliss-reactive ketones (excluding diaryl/α,β-unsaturated/α-hetero) is 1. The van der Waals surface area contributed by atoms with Crippen LogP contribution in [0.25, 0.3) is 0 Å². The number of hydrogen-bond donors (Lipinski definition) is 3. The molecular formula is C12H16N2O2. The van der Waals surface area contributed by atoms with Crippen molar-refractivity contribution in [3.63, 3.8) is 0 Å². The van der Waals surface area contributed by atoms with Gasteiger partial charge >= 0.3 is 0 Å². The lowest BCUT2D eigenvalue weighted by atomic mass is 9.99. The van der Waals surface area contributed by atoms with Gasteiger partial charge in [0.1, 0.15) is 6.10 Å². The zero-order valence-electron chi connectivity index (χ0n) is 9.02. The molecule has 1 fully saturated rings. The Labute approximate surface area is 94.7 Å². The molecule has 0 radical (unpaired) electrons. The number of aliphatic hydroxyl groups excluding tert-OH is 1. The minimum atomic E-state index is -0.977. The van der Waals surface area contributed by atoms with Crippen molar-refractivity contribution in [1.29, 1.82) is 0 Å². The number of piperazine rings is 1. The summed E-state index contributed by atoms with van der Waals surface area (Å²) in [4.78, 5) is 11.9. The van der Waals surface area contributed by atoms with Gasteiger partial charge < -0.3 is 15.7 Å². The number of benzene rings is 1. The fourth-order valence-electron chi connectivity index (χ4n) is 1.85. The third-order valence-electron chi connectivity index (χ3n) is 2.78. The van der Waals surface area contributed by atoms with Crippen molar-refractivity contribution in [2.75, 3.05) is 19.6 Å². The second-order valence-electron chi connectivity index (χ2n) is 3.94. The van der Waals surface area contributed by atoms with Crippen molar-refractivity contribution < 1.29 is 9.90 Å². The van der Waals surface area contributed by atoms with Crippen LogP contribution in [0.3, 0.4) is 0 Å². The van der Waals surface area contributed by atoms with Gasteiger partial charge in [0, 0.05) is 25.2 Å². The Morgan fingerprint density at radius 2 is 2.06 bits per heavy atom. The van der Waals surface area contributed by atoms with Crippen LogP contribution < -0.4 is 10.6 Å². The Morgan fingerprint density at radius 1 is 1.31 bits per heavy atom. The first kappa shape index (κ1) is 11.3. The predicted octanol–water partition coefficient (Wildman–Crippen LogP) is -0.208. The summed E-state index contributed by atoms with van der Waals surface area (Å²) in [6, 6.07) is 8.70. The number of carbonyl (C=O) groups is 1. The van der Waals surface area contributed by atoms with Crippen LogP contribution in [0.4, 0.5) is 0 Å². The van der Waals surface area contributed by atoms with Crippen LogP contribution in [0.5, 0.6) is 0 Å². The van der Waals surface area contributed by atoms with Crippen molar-refractivity contribution in [2.45, 2.75) is 12.1 Å². The molecule has 2 unspecified atom stereocenters. The molecule has 3 N–H and O–H groups in total. The molecule has 0 saturated carbocycles. The molecule has 0 spiro atoms. The van der Waals surface area contributed by atoms with Crippen LogP contribution >= 0.6 is 0 Å². The Kier molecular flexibility index (Phi) is 3.66. The van der Waals surface area contributed by atoms with Gasteiger partial charge in [-0.25, -0.2) is 0 Å². The highest BCUT2D eigenvalue weighted by Gasteiger charge is 2.27. The molecule has 2 rings (SSSR count). The van der Waals surface area contributed by atoms with Crippen LogP contribution in [-0.2, 0) is 0 Å². The SMILES string of the molecule is O=C(c1ccccc1)C(O)C1CNCCN1. The normalized spacial score (nSPS) is 22.7. The predicted molar refractivity (Wildman–Crippen MR) is 61.4 cm³/mol. The molecule has 1 heterocycles. The number of carbonyl (C=O) groups excluding carboxylic acids is 1. The molecule has 1 aliphatic heterocycles. The highest BCUT2D eigenvalue weighted by atomic mass is 16.3. The molecule has 2 atom stereocenters. The van der Waals surface area contributed by atoms with Gasteiger partial charge in [0.25, 0.3) is 0 Å². The maximum Gasteiger partial charge on any atom is 0.192 e. The van der Waals surface area contributed by atoms with E-state index in [1.54, 1.807) is 24.3 Å². The van der Waals surface area contributed by atoms with Crippen molar-refractivity contribution in [3.05, 3.63) is 35.9 Å². The Bertz CT molecular complexity index is 347. The van der Waals surface area contributed by atoms with Gasteiger partial charge in [-0.2, -0.15) is 0 Å². The Morgan fingerprint density at radius 3 is 2.69 bits per heavy atom. The van der Waals surface area contributed by atoms with Gasteiger partial charge in [0.05, 0.1) is 6.04 Å². The highest BCUT2D eigenvalue weighted by Crippen LogP contribution is 2.07. The van der Waals surface area contributed by atoms with Crippen molar-refractivity contribution >= 4 is 5.78 Å². The lowest BCUT2D eigenvalue weighted by Crippen LogP contribution is -2.56. The van der Waals surface area contributed by atoms with Crippen molar-refractivity contribution in [1.82, 2.24) is 10.6 Å². The van der Waals surface area contributed by atoms with Crippen LogP contribution in [0, 0.1) is 0 Å². The summed E-state index contributed by atoms with van der Waals surface area (Å²) in [7, 11) is 0. The summed E-state index contributed by atoms with van der Waals surface area (Å²) in [5.74, 6) is -0.221. The molecule has 16 heavy (non-hydrogen) atoms. The summed E-state index contributed by atoms with van der Waals surface area (Å²) < 4.78 is 0. The van der Waals surface area contributed by atoms with Gasteiger partial charge in [-0.05, 0) is 0 Å². The summed E-state index contributed by atoms with van der Waals surface area (Å²) >= 11 is 0. The number of ketones is 1. The first-order valence-corrected chi connectivity index (χ1v) is 5.50. The average Bonchev–Trinajstić information content (AvgIpc) is 2.39. The minimum absolute atomic E-state index is 0.193. The first-order valence-electron chi connectivity index (χ1n) is 5.50. The largest absolute Gasteiger partial charge is 0.383 e. The average molecular weight is 220 g/mol. The number of nitrogens with one attached hydrogen (secondary N) is 2. The van der Waals surface area contributed by atoms with E-state index in [0.717, 1.165) is 13.1 Å². The Balaban J connectivity index is 2.04. The molecule has 1 saturated heterocycles.